The summed E-state index contributed by atoms with van der Waals surface area (Å²) in [5.41, 5.74) is 2.75. The predicted molar refractivity (Wildman–Crippen MR) is 61.9 cm³/mol. The molecule has 0 spiro atoms. The molecule has 0 bridgehead atoms. The summed E-state index contributed by atoms with van der Waals surface area (Å²) in [5.74, 6) is 1.96. The van der Waals surface area contributed by atoms with Crippen molar-refractivity contribution in [2.45, 2.75) is 46.7 Å². The van der Waals surface area contributed by atoms with Gasteiger partial charge in [-0.15, -0.1) is 0 Å². The highest BCUT2D eigenvalue weighted by atomic mass is 15.1. The molecular weight excluding hydrogens is 186 g/mol. The first kappa shape index (κ1) is 10.7. The Morgan fingerprint density at radius 1 is 1.47 bits per heavy atom. The largest absolute Gasteiger partial charge is 0.331 e. The van der Waals surface area contributed by atoms with Gasteiger partial charge in [0.1, 0.15) is 5.82 Å². The standard InChI is InChI=1S/C12H21N3/c1-4-12-14-10-7-13-6-5-11(10)15(12)8-9(2)3/h9,13H,4-8H2,1-3H3. The highest BCUT2D eigenvalue weighted by Crippen LogP contribution is 2.18. The van der Waals surface area contributed by atoms with Crippen molar-refractivity contribution in [1.82, 2.24) is 14.9 Å². The molecule has 0 radical (unpaired) electrons. The van der Waals surface area contributed by atoms with E-state index in [4.69, 9.17) is 4.98 Å². The van der Waals surface area contributed by atoms with Crippen molar-refractivity contribution < 1.29 is 0 Å². The number of nitrogens with one attached hydrogen (secondary N) is 1. The molecule has 2 rings (SSSR count). The lowest BCUT2D eigenvalue weighted by Gasteiger charge is -2.17. The lowest BCUT2D eigenvalue weighted by molar-refractivity contribution is 0.486. The molecule has 1 aromatic heterocycles. The van der Waals surface area contributed by atoms with Crippen LogP contribution >= 0.6 is 0 Å². The van der Waals surface area contributed by atoms with Crippen molar-refractivity contribution in [2.75, 3.05) is 6.54 Å². The van der Waals surface area contributed by atoms with Gasteiger partial charge in [-0.25, -0.2) is 4.98 Å². The minimum Gasteiger partial charge on any atom is -0.331 e. The smallest absolute Gasteiger partial charge is 0.108 e. The minimum absolute atomic E-state index is 0.698. The van der Waals surface area contributed by atoms with E-state index in [0.717, 1.165) is 32.5 Å². The van der Waals surface area contributed by atoms with E-state index in [0.29, 0.717) is 5.92 Å². The maximum absolute atomic E-state index is 4.72. The summed E-state index contributed by atoms with van der Waals surface area (Å²) < 4.78 is 2.45. The Hall–Kier alpha value is -0.830. The zero-order valence-corrected chi connectivity index (χ0v) is 10.0. The number of fused-ring (bicyclic) bond motifs is 1. The van der Waals surface area contributed by atoms with Crippen LogP contribution in [0.3, 0.4) is 0 Å². The summed E-state index contributed by atoms with van der Waals surface area (Å²) in [6.45, 7) is 9.90. The van der Waals surface area contributed by atoms with Gasteiger partial charge in [0.05, 0.1) is 5.69 Å². The van der Waals surface area contributed by atoms with Crippen LogP contribution < -0.4 is 5.32 Å². The number of aromatic nitrogens is 2. The van der Waals surface area contributed by atoms with Gasteiger partial charge in [0.25, 0.3) is 0 Å². The lowest BCUT2D eigenvalue weighted by atomic mass is 10.1. The second-order valence-electron chi connectivity index (χ2n) is 4.71. The van der Waals surface area contributed by atoms with Gasteiger partial charge >= 0.3 is 0 Å². The molecule has 0 unspecified atom stereocenters. The Labute approximate surface area is 91.9 Å². The van der Waals surface area contributed by atoms with Crippen LogP contribution in [0.15, 0.2) is 0 Å². The number of hydrogen-bond acceptors (Lipinski definition) is 2. The van der Waals surface area contributed by atoms with Gasteiger partial charge in [-0.1, -0.05) is 20.8 Å². The zero-order chi connectivity index (χ0) is 10.8. The summed E-state index contributed by atoms with van der Waals surface area (Å²) in [5, 5.41) is 3.38. The van der Waals surface area contributed by atoms with Gasteiger partial charge < -0.3 is 9.88 Å². The van der Waals surface area contributed by atoms with Crippen LogP contribution in [0.5, 0.6) is 0 Å². The molecule has 1 aliphatic heterocycles. The van der Waals surface area contributed by atoms with Crippen LogP contribution in [-0.4, -0.2) is 16.1 Å². The fourth-order valence-electron chi connectivity index (χ4n) is 2.28. The fraction of sp³-hybridized carbons (Fsp3) is 0.750. The molecule has 3 heteroatoms. The van der Waals surface area contributed by atoms with E-state index in [2.05, 4.69) is 30.7 Å². The van der Waals surface area contributed by atoms with Crippen LogP contribution in [0.1, 0.15) is 38.0 Å². The number of hydrogen-bond donors (Lipinski definition) is 1. The van der Waals surface area contributed by atoms with Crippen LogP contribution in [-0.2, 0) is 25.9 Å². The highest BCUT2D eigenvalue weighted by molar-refractivity contribution is 5.20. The lowest BCUT2D eigenvalue weighted by Crippen LogP contribution is -2.25. The van der Waals surface area contributed by atoms with E-state index < -0.39 is 0 Å². The van der Waals surface area contributed by atoms with Gasteiger partial charge in [0.2, 0.25) is 0 Å². The van der Waals surface area contributed by atoms with E-state index in [1.54, 1.807) is 0 Å². The van der Waals surface area contributed by atoms with Crippen molar-refractivity contribution in [3.05, 3.63) is 17.2 Å². The normalized spacial score (nSPS) is 15.7. The summed E-state index contributed by atoms with van der Waals surface area (Å²) in [6.07, 6.45) is 2.18. The van der Waals surface area contributed by atoms with Crippen molar-refractivity contribution in [3.8, 4) is 0 Å². The molecule has 0 aromatic carbocycles. The number of aryl methyl sites for hydroxylation is 1. The van der Waals surface area contributed by atoms with Crippen molar-refractivity contribution in [3.63, 3.8) is 0 Å². The Kier molecular flexibility index (Phi) is 3.10. The molecule has 3 nitrogen and oxygen atoms in total. The molecule has 0 amide bonds. The van der Waals surface area contributed by atoms with Crippen molar-refractivity contribution in [2.24, 2.45) is 5.92 Å². The summed E-state index contributed by atoms with van der Waals surface area (Å²) in [6, 6.07) is 0. The third kappa shape index (κ3) is 2.07. The fourth-order valence-corrected chi connectivity index (χ4v) is 2.28. The summed E-state index contributed by atoms with van der Waals surface area (Å²) in [4.78, 5) is 4.72. The first-order chi connectivity index (χ1) is 7.22. The molecule has 0 aliphatic carbocycles. The highest BCUT2D eigenvalue weighted by Gasteiger charge is 2.18. The monoisotopic (exact) mass is 207 g/mol. The van der Waals surface area contributed by atoms with Crippen LogP contribution in [0.2, 0.25) is 0 Å². The van der Waals surface area contributed by atoms with E-state index in [9.17, 15) is 0 Å². The van der Waals surface area contributed by atoms with Gasteiger partial charge in [-0.2, -0.15) is 0 Å². The summed E-state index contributed by atoms with van der Waals surface area (Å²) >= 11 is 0. The van der Waals surface area contributed by atoms with Crippen molar-refractivity contribution in [1.29, 1.82) is 0 Å². The third-order valence-corrected chi connectivity index (χ3v) is 2.93. The first-order valence-corrected chi connectivity index (χ1v) is 6.00. The topological polar surface area (TPSA) is 29.9 Å². The first-order valence-electron chi connectivity index (χ1n) is 6.00. The molecule has 0 atom stereocenters. The van der Waals surface area contributed by atoms with Crippen LogP contribution in [0, 0.1) is 5.92 Å². The number of imidazole rings is 1. The second-order valence-corrected chi connectivity index (χ2v) is 4.71. The second kappa shape index (κ2) is 4.35. The molecule has 0 fully saturated rings. The average molecular weight is 207 g/mol. The molecule has 0 saturated carbocycles. The molecular formula is C12H21N3. The molecule has 0 saturated heterocycles. The Morgan fingerprint density at radius 2 is 2.27 bits per heavy atom. The molecule has 2 heterocycles. The average Bonchev–Trinajstić information content (AvgIpc) is 2.56. The van der Waals surface area contributed by atoms with Gasteiger partial charge in [-0.05, 0) is 5.92 Å². The van der Waals surface area contributed by atoms with Crippen LogP contribution in [0.25, 0.3) is 0 Å². The predicted octanol–water partition coefficient (Wildman–Crippen LogP) is 1.75. The van der Waals surface area contributed by atoms with E-state index in [1.165, 1.54) is 17.2 Å². The van der Waals surface area contributed by atoms with Gasteiger partial charge in [0.15, 0.2) is 0 Å². The number of nitrogens with zero attached hydrogens (tertiary/aromatic N) is 2. The summed E-state index contributed by atoms with van der Waals surface area (Å²) in [7, 11) is 0. The number of rotatable bonds is 3. The van der Waals surface area contributed by atoms with Crippen LogP contribution in [0.4, 0.5) is 0 Å². The molecule has 1 aliphatic rings. The van der Waals surface area contributed by atoms with E-state index in [-0.39, 0.29) is 0 Å². The molecule has 1 N–H and O–H groups in total. The molecule has 1 aromatic rings. The maximum Gasteiger partial charge on any atom is 0.108 e. The Morgan fingerprint density at radius 3 is 2.93 bits per heavy atom. The van der Waals surface area contributed by atoms with E-state index >= 15 is 0 Å². The Balaban J connectivity index is 2.35. The quantitative estimate of drug-likeness (QED) is 0.818. The minimum atomic E-state index is 0.698. The maximum atomic E-state index is 4.72. The van der Waals surface area contributed by atoms with Crippen molar-refractivity contribution >= 4 is 0 Å². The molecule has 15 heavy (non-hydrogen) atoms. The Bertz CT molecular complexity index is 339. The molecule has 84 valence electrons. The van der Waals surface area contributed by atoms with Gasteiger partial charge in [-0.3, -0.25) is 0 Å². The zero-order valence-electron chi connectivity index (χ0n) is 10.0. The SMILES string of the molecule is CCc1nc2c(n1CC(C)C)CCNC2. The van der Waals surface area contributed by atoms with E-state index in [1.807, 2.05) is 0 Å². The third-order valence-electron chi connectivity index (χ3n) is 2.93. The van der Waals surface area contributed by atoms with Gasteiger partial charge in [0, 0.05) is 38.2 Å².